The van der Waals surface area contributed by atoms with Crippen molar-refractivity contribution in [3.05, 3.63) is 168 Å². The molecule has 6 aromatic carbocycles. The summed E-state index contributed by atoms with van der Waals surface area (Å²) in [6.45, 7) is 5.20. The first-order valence-electron chi connectivity index (χ1n) is 22.0. The van der Waals surface area contributed by atoms with Crippen molar-refractivity contribution in [1.29, 1.82) is 0 Å². The minimum Gasteiger partial charge on any atom is -0.507 e. The number of rotatable bonds is 6. The van der Waals surface area contributed by atoms with E-state index in [9.17, 15) is 6.48 Å². The van der Waals surface area contributed by atoms with Gasteiger partial charge in [-0.1, -0.05) is 117 Å². The molecule has 0 aliphatic carbocycles. The lowest BCUT2D eigenvalue weighted by Gasteiger charge is -2.22. The number of phenols is 1. The molecular formula is C48H41N3O. The number of fused-ring (bicyclic) bond motifs is 1. The first kappa shape index (κ1) is 23.3. The minimum absolute atomic E-state index is 0.0355. The van der Waals surface area contributed by atoms with Crippen LogP contribution >= 0.6 is 0 Å². The third kappa shape index (κ3) is 6.18. The average molecular weight is 686 g/mol. The number of hydrogen-bond donors (Lipinski definition) is 1. The van der Waals surface area contributed by atoms with Gasteiger partial charge in [-0.25, -0.2) is 4.98 Å². The second-order valence-electron chi connectivity index (χ2n) is 13.8. The van der Waals surface area contributed by atoms with E-state index in [2.05, 4.69) is 36.2 Å². The fourth-order valence-electron chi connectivity index (χ4n) is 6.53. The van der Waals surface area contributed by atoms with Crippen LogP contribution in [0.4, 0.5) is 0 Å². The second kappa shape index (κ2) is 13.1. The maximum absolute atomic E-state index is 11.2. The SMILES string of the molecule is [2H]c1nc(-c2cc(-c3cccc4c3nc(-c3ccccc3O)n4-c3ccc(-c4ccccc4)c(C)c3)cc(C(C)(C)C)c2)c([2H])c(-c2c([2H])c([2H])c(C([2H])([2H])[2H])c([2H])c2[2H])c1[2H]. The molecule has 4 nitrogen and oxygen atoms in total. The van der Waals surface area contributed by atoms with Crippen molar-refractivity contribution in [1.82, 2.24) is 14.5 Å². The number of aryl methyl sites for hydroxylation is 1. The maximum atomic E-state index is 11.2. The first-order valence-corrected chi connectivity index (χ1v) is 17.0. The van der Waals surface area contributed by atoms with Crippen molar-refractivity contribution < 1.29 is 18.8 Å². The van der Waals surface area contributed by atoms with Gasteiger partial charge in [0.25, 0.3) is 0 Å². The van der Waals surface area contributed by atoms with E-state index < -0.39 is 65.8 Å². The van der Waals surface area contributed by atoms with Crippen LogP contribution in [0.2, 0.25) is 0 Å². The zero-order valence-electron chi connectivity index (χ0n) is 39.2. The molecule has 254 valence electrons. The lowest BCUT2D eigenvalue weighted by atomic mass is 9.83. The first-order chi connectivity index (χ1) is 29.3. The van der Waals surface area contributed by atoms with Gasteiger partial charge in [-0.3, -0.25) is 9.55 Å². The van der Waals surface area contributed by atoms with Gasteiger partial charge in [0.2, 0.25) is 0 Å². The fourth-order valence-corrected chi connectivity index (χ4v) is 6.53. The third-order valence-corrected chi connectivity index (χ3v) is 9.23. The van der Waals surface area contributed by atoms with Crippen molar-refractivity contribution in [2.45, 2.75) is 40.0 Å². The molecule has 1 N–H and O–H groups in total. The predicted molar refractivity (Wildman–Crippen MR) is 216 cm³/mol. The lowest BCUT2D eigenvalue weighted by Crippen LogP contribution is -2.11. The molecule has 0 saturated carbocycles. The molecule has 2 aromatic heterocycles. The van der Waals surface area contributed by atoms with Gasteiger partial charge in [0.15, 0.2) is 0 Å². The van der Waals surface area contributed by atoms with Crippen molar-refractivity contribution in [2.24, 2.45) is 0 Å². The largest absolute Gasteiger partial charge is 0.507 e. The molecule has 0 unspecified atom stereocenters. The molecule has 0 bridgehead atoms. The van der Waals surface area contributed by atoms with Gasteiger partial charge in [0.05, 0.1) is 31.9 Å². The van der Waals surface area contributed by atoms with Crippen LogP contribution in [-0.4, -0.2) is 19.6 Å². The van der Waals surface area contributed by atoms with Crippen molar-refractivity contribution in [3.8, 4) is 67.5 Å². The van der Waals surface area contributed by atoms with Gasteiger partial charge in [-0.15, -0.1) is 0 Å². The standard InChI is InChI=1S/C48H41N3O/c1-31-18-20-33(21-19-31)35-24-25-49-43(30-35)37-27-36(28-38(29-37)48(3,4)5)41-15-11-16-44-46(41)50-47(42-14-9-10-17-45(42)52)51(44)39-22-23-40(32(2)26-39)34-12-7-6-8-13-34/h6-30,52H,1-5H3/i1D3,18D,19D,20D,21D,24D,25D,30D. The summed E-state index contributed by atoms with van der Waals surface area (Å²) >= 11 is 0. The Morgan fingerprint density at radius 3 is 2.17 bits per heavy atom. The Morgan fingerprint density at radius 2 is 1.42 bits per heavy atom. The number of aromatic nitrogens is 3. The Hall–Kier alpha value is -6.26. The van der Waals surface area contributed by atoms with Crippen molar-refractivity contribution in [3.63, 3.8) is 0 Å². The summed E-state index contributed by atoms with van der Waals surface area (Å²) in [6.07, 6.45) is -0.563. The van der Waals surface area contributed by atoms with Gasteiger partial charge in [0, 0.05) is 27.1 Å². The molecular weight excluding hydrogens is 635 g/mol. The van der Waals surface area contributed by atoms with E-state index in [1.165, 1.54) is 0 Å². The summed E-state index contributed by atoms with van der Waals surface area (Å²) in [6, 6.07) is 30.8. The van der Waals surface area contributed by atoms with Gasteiger partial charge in [-0.2, -0.15) is 0 Å². The number of pyridine rings is 1. The topological polar surface area (TPSA) is 50.9 Å². The van der Waals surface area contributed by atoms with Crippen LogP contribution in [0.3, 0.4) is 0 Å². The second-order valence-corrected chi connectivity index (χ2v) is 13.8. The highest BCUT2D eigenvalue weighted by Gasteiger charge is 2.22. The number of nitrogens with zero attached hydrogens (tertiary/aromatic N) is 3. The quantitative estimate of drug-likeness (QED) is 0.190. The van der Waals surface area contributed by atoms with Crippen LogP contribution in [0.25, 0.3) is 72.7 Å². The summed E-state index contributed by atoms with van der Waals surface area (Å²) in [4.78, 5) is 9.63. The fraction of sp³-hybridized carbons (Fsp3) is 0.125. The lowest BCUT2D eigenvalue weighted by molar-refractivity contribution is 0.477. The summed E-state index contributed by atoms with van der Waals surface area (Å²) < 4.78 is 87.1. The maximum Gasteiger partial charge on any atom is 0.149 e. The van der Waals surface area contributed by atoms with E-state index in [0.29, 0.717) is 28.0 Å². The molecule has 0 aliphatic heterocycles. The molecule has 0 saturated heterocycles. The van der Waals surface area contributed by atoms with Crippen molar-refractivity contribution >= 4 is 11.0 Å². The predicted octanol–water partition coefficient (Wildman–Crippen LogP) is 12.4. The van der Waals surface area contributed by atoms with Gasteiger partial charge in [-0.05, 0) is 113 Å². The molecule has 0 aliphatic rings. The number of benzene rings is 6. The van der Waals surface area contributed by atoms with Crippen LogP contribution in [0.1, 0.15) is 51.2 Å². The number of imidazole rings is 1. The van der Waals surface area contributed by atoms with Gasteiger partial charge < -0.3 is 5.11 Å². The number of aromatic hydroxyl groups is 1. The summed E-state index contributed by atoms with van der Waals surface area (Å²) in [7, 11) is 0. The number of hydrogen-bond acceptors (Lipinski definition) is 3. The Kier molecular flexibility index (Phi) is 5.87. The van der Waals surface area contributed by atoms with Crippen LogP contribution in [0, 0.1) is 13.8 Å². The minimum atomic E-state index is -2.95. The van der Waals surface area contributed by atoms with Gasteiger partial charge >= 0.3 is 0 Å². The molecule has 8 rings (SSSR count). The van der Waals surface area contributed by atoms with E-state index in [1.807, 2.05) is 98.1 Å². The molecule has 8 aromatic rings. The van der Waals surface area contributed by atoms with Crippen LogP contribution in [0.5, 0.6) is 5.75 Å². The molecule has 4 heteroatoms. The summed E-state index contributed by atoms with van der Waals surface area (Å²) in [5.41, 5.74) is 6.53. The normalized spacial score (nSPS) is 14.6. The van der Waals surface area contributed by atoms with E-state index in [0.717, 1.165) is 39.0 Å². The summed E-state index contributed by atoms with van der Waals surface area (Å²) in [5.74, 6) is 0.572. The zero-order chi connectivity index (χ0) is 44.6. The molecule has 0 fully saturated rings. The highest BCUT2D eigenvalue weighted by Crippen LogP contribution is 2.40. The molecule has 52 heavy (non-hydrogen) atoms. The van der Waals surface area contributed by atoms with Crippen LogP contribution in [-0.2, 0) is 5.41 Å². The summed E-state index contributed by atoms with van der Waals surface area (Å²) in [5, 5.41) is 11.2. The highest BCUT2D eigenvalue weighted by atomic mass is 16.3. The molecule has 2 heterocycles. The Balaban J connectivity index is 1.38. The van der Waals surface area contributed by atoms with E-state index in [4.69, 9.17) is 17.3 Å². The number of para-hydroxylation sites is 2. The zero-order valence-corrected chi connectivity index (χ0v) is 29.2. The molecule has 0 radical (unpaired) electrons. The highest BCUT2D eigenvalue weighted by molar-refractivity contribution is 5.97. The monoisotopic (exact) mass is 685 g/mol. The van der Waals surface area contributed by atoms with E-state index >= 15 is 0 Å². The Bertz CT molecular complexity index is 3070. The van der Waals surface area contributed by atoms with E-state index in [-0.39, 0.29) is 17.0 Å². The molecule has 0 atom stereocenters. The van der Waals surface area contributed by atoms with Crippen LogP contribution in [0.15, 0.2) is 152 Å². The number of phenolic OH excluding ortho intramolecular Hbond substituents is 1. The molecule has 0 amide bonds. The van der Waals surface area contributed by atoms with E-state index in [1.54, 1.807) is 12.1 Å². The molecule has 0 spiro atoms. The third-order valence-electron chi connectivity index (χ3n) is 9.23. The van der Waals surface area contributed by atoms with Gasteiger partial charge in [0.1, 0.15) is 11.6 Å². The average Bonchev–Trinajstić information content (AvgIpc) is 3.62. The Labute approximate surface area is 319 Å². The smallest absolute Gasteiger partial charge is 0.149 e. The van der Waals surface area contributed by atoms with Crippen molar-refractivity contribution in [2.75, 3.05) is 0 Å². The van der Waals surface area contributed by atoms with Crippen LogP contribution < -0.4 is 0 Å². The Morgan fingerprint density at radius 1 is 0.673 bits per heavy atom.